The Morgan fingerprint density at radius 3 is 2.21 bits per heavy atom. The zero-order chi connectivity index (χ0) is 14.6. The number of hydrogen-bond acceptors (Lipinski definition) is 3. The molecule has 0 saturated carbocycles. The maximum absolute atomic E-state index is 11.9. The predicted molar refractivity (Wildman–Crippen MR) is 72.2 cm³/mol. The van der Waals surface area contributed by atoms with Crippen LogP contribution in [0.2, 0.25) is 0 Å². The topological polar surface area (TPSA) is 75.6 Å². The van der Waals surface area contributed by atoms with Gasteiger partial charge >= 0.3 is 5.97 Å². The summed E-state index contributed by atoms with van der Waals surface area (Å²) in [7, 11) is 1.47. The van der Waals surface area contributed by atoms with Crippen LogP contribution in [0, 0.1) is 0 Å². The van der Waals surface area contributed by atoms with Crippen LogP contribution in [0.15, 0.2) is 24.3 Å². The molecule has 2 N–H and O–H groups in total. The number of methoxy groups -OCH3 is 1. The molecule has 1 unspecified atom stereocenters. The molecule has 1 amide bonds. The van der Waals surface area contributed by atoms with Gasteiger partial charge < -0.3 is 15.2 Å². The Morgan fingerprint density at radius 2 is 1.79 bits per heavy atom. The van der Waals surface area contributed by atoms with Crippen LogP contribution in [0.3, 0.4) is 0 Å². The highest BCUT2D eigenvalue weighted by atomic mass is 16.5. The number of carbonyl (C=O) groups excluding carboxylic acids is 1. The van der Waals surface area contributed by atoms with Crippen molar-refractivity contribution in [3.05, 3.63) is 29.8 Å². The number of carboxylic acids is 1. The van der Waals surface area contributed by atoms with E-state index in [9.17, 15) is 9.59 Å². The fourth-order valence-corrected chi connectivity index (χ4v) is 1.37. The minimum atomic E-state index is -0.910. The van der Waals surface area contributed by atoms with Crippen molar-refractivity contribution in [3.63, 3.8) is 0 Å². The number of carboxylic acid groups (broad SMARTS) is 1. The highest BCUT2D eigenvalue weighted by Crippen LogP contribution is 2.19. The quantitative estimate of drug-likeness (QED) is 0.856. The summed E-state index contributed by atoms with van der Waals surface area (Å²) in [5, 5.41) is 11.6. The van der Waals surface area contributed by atoms with Gasteiger partial charge in [0.15, 0.2) is 0 Å². The van der Waals surface area contributed by atoms with E-state index < -0.39 is 17.5 Å². The molecule has 0 radical (unpaired) electrons. The molecular formula is C14H19NO4. The van der Waals surface area contributed by atoms with Gasteiger partial charge in [0.05, 0.1) is 5.92 Å². The second-order valence-electron chi connectivity index (χ2n) is 4.85. The number of rotatable bonds is 5. The summed E-state index contributed by atoms with van der Waals surface area (Å²) in [6.45, 7) is 4.95. The standard InChI is InChI=1S/C14H19NO4/c1-9(12(16)17)10-5-7-11(8-6-10)15-13(18)14(2,3)19-4/h5-9H,1-4H3,(H,15,18)(H,16,17). The number of benzene rings is 1. The van der Waals surface area contributed by atoms with Crippen LogP contribution in [-0.2, 0) is 14.3 Å². The molecular weight excluding hydrogens is 246 g/mol. The summed E-state index contributed by atoms with van der Waals surface area (Å²) in [4.78, 5) is 22.7. The number of hydrogen-bond donors (Lipinski definition) is 2. The monoisotopic (exact) mass is 265 g/mol. The van der Waals surface area contributed by atoms with Gasteiger partial charge in [0.25, 0.3) is 5.91 Å². The minimum absolute atomic E-state index is 0.256. The van der Waals surface area contributed by atoms with Gasteiger partial charge in [-0.3, -0.25) is 9.59 Å². The van der Waals surface area contributed by atoms with Crippen molar-refractivity contribution in [2.75, 3.05) is 12.4 Å². The van der Waals surface area contributed by atoms with Gasteiger partial charge in [-0.2, -0.15) is 0 Å². The molecule has 1 rings (SSSR count). The van der Waals surface area contributed by atoms with E-state index in [0.29, 0.717) is 11.3 Å². The molecule has 0 aliphatic heterocycles. The van der Waals surface area contributed by atoms with Crippen molar-refractivity contribution in [1.82, 2.24) is 0 Å². The number of anilines is 1. The molecule has 0 bridgehead atoms. The van der Waals surface area contributed by atoms with E-state index in [1.807, 2.05) is 0 Å². The van der Waals surface area contributed by atoms with Crippen molar-refractivity contribution in [3.8, 4) is 0 Å². The third kappa shape index (κ3) is 3.79. The summed E-state index contributed by atoms with van der Waals surface area (Å²) in [5.41, 5.74) is 0.389. The van der Waals surface area contributed by atoms with Crippen molar-refractivity contribution in [2.24, 2.45) is 0 Å². The third-order valence-corrected chi connectivity index (χ3v) is 3.10. The van der Waals surface area contributed by atoms with Gasteiger partial charge in [-0.25, -0.2) is 0 Å². The second-order valence-corrected chi connectivity index (χ2v) is 4.85. The van der Waals surface area contributed by atoms with Crippen LogP contribution >= 0.6 is 0 Å². The lowest BCUT2D eigenvalue weighted by Crippen LogP contribution is -2.38. The predicted octanol–water partition coefficient (Wildman–Crippen LogP) is 2.24. The first-order chi connectivity index (χ1) is 8.77. The minimum Gasteiger partial charge on any atom is -0.481 e. The van der Waals surface area contributed by atoms with Gasteiger partial charge in [0.1, 0.15) is 5.60 Å². The lowest BCUT2D eigenvalue weighted by Gasteiger charge is -2.21. The average molecular weight is 265 g/mol. The maximum Gasteiger partial charge on any atom is 0.310 e. The van der Waals surface area contributed by atoms with Gasteiger partial charge in [-0.15, -0.1) is 0 Å². The van der Waals surface area contributed by atoms with Gasteiger partial charge in [-0.05, 0) is 38.5 Å². The zero-order valence-corrected chi connectivity index (χ0v) is 11.6. The van der Waals surface area contributed by atoms with E-state index in [1.165, 1.54) is 7.11 Å². The summed E-state index contributed by atoms with van der Waals surface area (Å²) in [6, 6.07) is 6.74. The number of nitrogens with one attached hydrogen (secondary N) is 1. The fourth-order valence-electron chi connectivity index (χ4n) is 1.37. The highest BCUT2D eigenvalue weighted by molar-refractivity contribution is 5.96. The first-order valence-corrected chi connectivity index (χ1v) is 5.97. The Morgan fingerprint density at radius 1 is 1.26 bits per heavy atom. The van der Waals surface area contributed by atoms with Crippen molar-refractivity contribution in [2.45, 2.75) is 32.3 Å². The van der Waals surface area contributed by atoms with Crippen LogP contribution in [0.4, 0.5) is 5.69 Å². The molecule has 0 aliphatic carbocycles. The van der Waals surface area contributed by atoms with E-state index in [4.69, 9.17) is 9.84 Å². The SMILES string of the molecule is COC(C)(C)C(=O)Nc1ccc(C(C)C(=O)O)cc1. The molecule has 5 nitrogen and oxygen atoms in total. The van der Waals surface area contributed by atoms with E-state index in [2.05, 4.69) is 5.32 Å². The van der Waals surface area contributed by atoms with Gasteiger partial charge in [-0.1, -0.05) is 12.1 Å². The Labute approximate surface area is 112 Å². The molecule has 1 aromatic rings. The highest BCUT2D eigenvalue weighted by Gasteiger charge is 2.26. The number of ether oxygens (including phenoxy) is 1. The number of carbonyl (C=O) groups is 2. The molecule has 104 valence electrons. The summed E-state index contributed by atoms with van der Waals surface area (Å²) < 4.78 is 5.08. The zero-order valence-electron chi connectivity index (χ0n) is 11.6. The molecule has 0 fully saturated rings. The molecule has 1 aromatic carbocycles. The fraction of sp³-hybridized carbons (Fsp3) is 0.429. The molecule has 1 atom stereocenters. The van der Waals surface area contributed by atoms with Crippen LogP contribution in [0.25, 0.3) is 0 Å². The van der Waals surface area contributed by atoms with E-state index >= 15 is 0 Å². The second kappa shape index (κ2) is 5.84. The normalized spacial score (nSPS) is 12.8. The Hall–Kier alpha value is -1.88. The molecule has 19 heavy (non-hydrogen) atoms. The smallest absolute Gasteiger partial charge is 0.310 e. The van der Waals surface area contributed by atoms with Crippen LogP contribution in [0.1, 0.15) is 32.3 Å². The van der Waals surface area contributed by atoms with E-state index in [0.717, 1.165) is 0 Å². The van der Waals surface area contributed by atoms with Crippen LogP contribution in [0.5, 0.6) is 0 Å². The van der Waals surface area contributed by atoms with E-state index in [-0.39, 0.29) is 5.91 Å². The number of amides is 1. The summed E-state index contributed by atoms with van der Waals surface area (Å²) >= 11 is 0. The largest absolute Gasteiger partial charge is 0.481 e. The molecule has 0 aliphatic rings. The van der Waals surface area contributed by atoms with Crippen LogP contribution in [-0.4, -0.2) is 29.7 Å². The Kier molecular flexibility index (Phi) is 4.67. The maximum atomic E-state index is 11.9. The van der Waals surface area contributed by atoms with Gasteiger partial charge in [0.2, 0.25) is 0 Å². The molecule has 0 heterocycles. The molecule has 0 aromatic heterocycles. The van der Waals surface area contributed by atoms with E-state index in [1.54, 1.807) is 45.0 Å². The Bertz CT molecular complexity index is 465. The third-order valence-electron chi connectivity index (χ3n) is 3.10. The Balaban J connectivity index is 2.78. The first-order valence-electron chi connectivity index (χ1n) is 5.97. The lowest BCUT2D eigenvalue weighted by molar-refractivity contribution is -0.138. The average Bonchev–Trinajstić information content (AvgIpc) is 2.38. The van der Waals surface area contributed by atoms with Crippen molar-refractivity contribution < 1.29 is 19.4 Å². The summed E-state index contributed by atoms with van der Waals surface area (Å²) in [5.74, 6) is -1.70. The molecule has 0 spiro atoms. The molecule has 5 heteroatoms. The van der Waals surface area contributed by atoms with Crippen LogP contribution < -0.4 is 5.32 Å². The number of aliphatic carboxylic acids is 1. The lowest BCUT2D eigenvalue weighted by atomic mass is 10.0. The van der Waals surface area contributed by atoms with Crippen molar-refractivity contribution in [1.29, 1.82) is 0 Å². The molecule has 0 saturated heterocycles. The first kappa shape index (κ1) is 15.2. The van der Waals surface area contributed by atoms with Crippen molar-refractivity contribution >= 4 is 17.6 Å². The summed E-state index contributed by atoms with van der Waals surface area (Å²) in [6.07, 6.45) is 0. The van der Waals surface area contributed by atoms with Gasteiger partial charge in [0, 0.05) is 12.8 Å².